The molecule has 1 unspecified atom stereocenters. The zero-order valence-corrected chi connectivity index (χ0v) is 12.1. The van der Waals surface area contributed by atoms with Crippen LogP contribution < -0.4 is 10.5 Å². The lowest BCUT2D eigenvalue weighted by Gasteiger charge is -2.23. The van der Waals surface area contributed by atoms with Gasteiger partial charge in [-0.1, -0.05) is 30.3 Å². The third-order valence-corrected chi connectivity index (χ3v) is 4.10. The van der Waals surface area contributed by atoms with Crippen molar-refractivity contribution in [2.24, 2.45) is 5.73 Å². The van der Waals surface area contributed by atoms with Crippen molar-refractivity contribution in [3.05, 3.63) is 65.0 Å². The lowest BCUT2D eigenvalue weighted by atomic mass is 10.0. The lowest BCUT2D eigenvalue weighted by molar-refractivity contribution is 0.207. The third kappa shape index (κ3) is 2.52. The molecule has 0 amide bonds. The van der Waals surface area contributed by atoms with Crippen LogP contribution in [0.5, 0.6) is 5.75 Å². The molecule has 0 aliphatic carbocycles. The van der Waals surface area contributed by atoms with Crippen molar-refractivity contribution in [2.75, 3.05) is 13.7 Å². The van der Waals surface area contributed by atoms with E-state index >= 15 is 0 Å². The van der Waals surface area contributed by atoms with Crippen molar-refractivity contribution in [1.29, 1.82) is 0 Å². The number of methoxy groups -OCH3 is 1. The molecule has 4 heteroatoms. The molecule has 21 heavy (non-hydrogen) atoms. The van der Waals surface area contributed by atoms with E-state index in [0.717, 1.165) is 17.9 Å². The van der Waals surface area contributed by atoms with Crippen LogP contribution in [0.1, 0.15) is 22.7 Å². The molecule has 2 aromatic carbocycles. The van der Waals surface area contributed by atoms with Gasteiger partial charge < -0.3 is 10.5 Å². The molecule has 1 atom stereocenters. The number of halogens is 1. The molecule has 1 aliphatic heterocycles. The predicted molar refractivity (Wildman–Crippen MR) is 80.4 cm³/mol. The molecule has 0 bridgehead atoms. The summed E-state index contributed by atoms with van der Waals surface area (Å²) in [6, 6.07) is 13.0. The molecule has 0 saturated carbocycles. The highest BCUT2D eigenvalue weighted by Gasteiger charge is 2.31. The number of rotatable bonds is 4. The van der Waals surface area contributed by atoms with Gasteiger partial charge >= 0.3 is 0 Å². The van der Waals surface area contributed by atoms with Crippen molar-refractivity contribution in [1.82, 2.24) is 4.90 Å². The molecule has 0 saturated heterocycles. The van der Waals surface area contributed by atoms with Crippen LogP contribution in [0.3, 0.4) is 0 Å². The van der Waals surface area contributed by atoms with Crippen LogP contribution in [0.25, 0.3) is 0 Å². The Kier molecular flexibility index (Phi) is 3.90. The van der Waals surface area contributed by atoms with Crippen molar-refractivity contribution < 1.29 is 9.13 Å². The minimum atomic E-state index is -0.170. The minimum Gasteiger partial charge on any atom is -0.496 e. The van der Waals surface area contributed by atoms with Gasteiger partial charge in [0.2, 0.25) is 0 Å². The molecular weight excluding hydrogens is 267 g/mol. The maximum absolute atomic E-state index is 13.9. The summed E-state index contributed by atoms with van der Waals surface area (Å²) in [5.41, 5.74) is 8.99. The van der Waals surface area contributed by atoms with Gasteiger partial charge in [0.1, 0.15) is 11.6 Å². The van der Waals surface area contributed by atoms with E-state index < -0.39 is 0 Å². The fourth-order valence-electron chi connectivity index (χ4n) is 3.05. The third-order valence-electron chi connectivity index (χ3n) is 4.10. The Hall–Kier alpha value is -1.91. The summed E-state index contributed by atoms with van der Waals surface area (Å²) in [6.07, 6.45) is 0. The fourth-order valence-corrected chi connectivity index (χ4v) is 3.05. The Morgan fingerprint density at radius 1 is 1.24 bits per heavy atom. The van der Waals surface area contributed by atoms with E-state index in [9.17, 15) is 4.39 Å². The van der Waals surface area contributed by atoms with Gasteiger partial charge in [-0.05, 0) is 17.7 Å². The van der Waals surface area contributed by atoms with Gasteiger partial charge in [0.05, 0.1) is 7.11 Å². The molecule has 1 heterocycles. The van der Waals surface area contributed by atoms with Gasteiger partial charge in [0.25, 0.3) is 0 Å². The molecule has 1 aliphatic rings. The first-order valence-electron chi connectivity index (χ1n) is 7.08. The topological polar surface area (TPSA) is 38.5 Å². The average molecular weight is 286 g/mol. The van der Waals surface area contributed by atoms with Gasteiger partial charge in [-0.2, -0.15) is 0 Å². The highest BCUT2D eigenvalue weighted by molar-refractivity contribution is 5.45. The maximum Gasteiger partial charge on any atom is 0.127 e. The van der Waals surface area contributed by atoms with E-state index in [1.54, 1.807) is 13.2 Å². The van der Waals surface area contributed by atoms with Crippen LogP contribution in [0.15, 0.2) is 42.5 Å². The van der Waals surface area contributed by atoms with E-state index in [1.807, 2.05) is 24.3 Å². The predicted octanol–water partition coefficient (Wildman–Crippen LogP) is 2.85. The number of benzene rings is 2. The number of hydrogen-bond donors (Lipinski definition) is 1. The first-order valence-corrected chi connectivity index (χ1v) is 7.08. The average Bonchev–Trinajstić information content (AvgIpc) is 2.86. The van der Waals surface area contributed by atoms with Gasteiger partial charge in [-0.25, -0.2) is 4.39 Å². The van der Waals surface area contributed by atoms with E-state index in [2.05, 4.69) is 11.0 Å². The molecule has 2 N–H and O–H groups in total. The van der Waals surface area contributed by atoms with Crippen molar-refractivity contribution >= 4 is 0 Å². The first-order chi connectivity index (χ1) is 10.2. The second kappa shape index (κ2) is 5.84. The minimum absolute atomic E-state index is 0.106. The van der Waals surface area contributed by atoms with Crippen LogP contribution in [-0.2, 0) is 13.1 Å². The molecule has 0 spiro atoms. The van der Waals surface area contributed by atoms with Crippen LogP contribution >= 0.6 is 0 Å². The van der Waals surface area contributed by atoms with E-state index in [-0.39, 0.29) is 11.9 Å². The molecule has 3 nitrogen and oxygen atoms in total. The SMILES string of the molecule is COc1cccc2c1CN(Cc1ccccc1F)C2CN. The summed E-state index contributed by atoms with van der Waals surface area (Å²) in [7, 11) is 1.67. The van der Waals surface area contributed by atoms with Gasteiger partial charge in [0.15, 0.2) is 0 Å². The van der Waals surface area contributed by atoms with Crippen molar-refractivity contribution in [3.63, 3.8) is 0 Å². The Balaban J connectivity index is 1.90. The normalized spacial score (nSPS) is 17.8. The summed E-state index contributed by atoms with van der Waals surface area (Å²) in [5, 5.41) is 0. The van der Waals surface area contributed by atoms with Crippen LogP contribution in [0.2, 0.25) is 0 Å². The quantitative estimate of drug-likeness (QED) is 0.939. The monoisotopic (exact) mass is 286 g/mol. The van der Waals surface area contributed by atoms with Crippen molar-refractivity contribution in [2.45, 2.75) is 19.1 Å². The molecular formula is C17H19FN2O. The maximum atomic E-state index is 13.9. The molecule has 0 aromatic heterocycles. The lowest BCUT2D eigenvalue weighted by Crippen LogP contribution is -2.27. The summed E-state index contributed by atoms with van der Waals surface area (Å²) in [6.45, 7) is 1.79. The van der Waals surface area contributed by atoms with E-state index in [0.29, 0.717) is 18.7 Å². The smallest absolute Gasteiger partial charge is 0.127 e. The zero-order chi connectivity index (χ0) is 14.8. The Labute approximate surface area is 124 Å². The molecule has 110 valence electrons. The molecule has 0 radical (unpaired) electrons. The summed E-state index contributed by atoms with van der Waals surface area (Å²) in [5.74, 6) is 0.707. The second-order valence-electron chi connectivity index (χ2n) is 5.28. The van der Waals surface area contributed by atoms with Gasteiger partial charge in [-0.3, -0.25) is 4.90 Å². The molecule has 2 aromatic rings. The second-order valence-corrected chi connectivity index (χ2v) is 5.28. The summed E-state index contributed by atoms with van der Waals surface area (Å²) in [4.78, 5) is 2.20. The van der Waals surface area contributed by atoms with Gasteiger partial charge in [-0.15, -0.1) is 0 Å². The van der Waals surface area contributed by atoms with Crippen LogP contribution in [0.4, 0.5) is 4.39 Å². The number of fused-ring (bicyclic) bond motifs is 1. The highest BCUT2D eigenvalue weighted by atomic mass is 19.1. The standard InChI is InChI=1S/C17H19FN2O/c1-21-17-8-4-6-13-14(17)11-20(16(13)9-19)10-12-5-2-3-7-15(12)18/h2-8,16H,9-11,19H2,1H3. The highest BCUT2D eigenvalue weighted by Crippen LogP contribution is 2.39. The largest absolute Gasteiger partial charge is 0.496 e. The van der Waals surface area contributed by atoms with E-state index in [4.69, 9.17) is 10.5 Å². The van der Waals surface area contributed by atoms with Crippen LogP contribution in [0, 0.1) is 5.82 Å². The Bertz CT molecular complexity index is 644. The molecule has 3 rings (SSSR count). The first kappa shape index (κ1) is 14.0. The fraction of sp³-hybridized carbons (Fsp3) is 0.294. The van der Waals surface area contributed by atoms with Crippen LogP contribution in [-0.4, -0.2) is 18.6 Å². The summed E-state index contributed by atoms with van der Waals surface area (Å²) < 4.78 is 19.3. The van der Waals surface area contributed by atoms with Gasteiger partial charge in [0, 0.05) is 36.8 Å². The Morgan fingerprint density at radius 3 is 2.76 bits per heavy atom. The van der Waals surface area contributed by atoms with E-state index in [1.165, 1.54) is 11.6 Å². The molecule has 0 fully saturated rings. The summed E-state index contributed by atoms with van der Waals surface area (Å²) >= 11 is 0. The number of ether oxygens (including phenoxy) is 1. The Morgan fingerprint density at radius 2 is 2.05 bits per heavy atom. The number of hydrogen-bond acceptors (Lipinski definition) is 3. The number of nitrogens with zero attached hydrogens (tertiary/aromatic N) is 1. The van der Waals surface area contributed by atoms with Crippen molar-refractivity contribution in [3.8, 4) is 5.75 Å². The number of nitrogens with two attached hydrogens (primary N) is 1. The zero-order valence-electron chi connectivity index (χ0n) is 12.1.